The maximum atomic E-state index is 12.5. The van der Waals surface area contributed by atoms with Gasteiger partial charge in [-0.3, -0.25) is 4.90 Å². The number of ether oxygens (including phenoxy) is 1. The second kappa shape index (κ2) is 9.52. The molecule has 0 atom stereocenters. The van der Waals surface area contributed by atoms with Crippen LogP contribution in [0.3, 0.4) is 0 Å². The van der Waals surface area contributed by atoms with Crippen molar-refractivity contribution >= 4 is 41.9 Å². The molecule has 0 bridgehead atoms. The molecule has 0 spiro atoms. The van der Waals surface area contributed by atoms with Gasteiger partial charge in [0.15, 0.2) is 0 Å². The van der Waals surface area contributed by atoms with Gasteiger partial charge in [-0.1, -0.05) is 37.9 Å². The molecule has 146 valence electrons. The summed E-state index contributed by atoms with van der Waals surface area (Å²) in [4.78, 5) is 2.61. The van der Waals surface area contributed by atoms with Crippen LogP contribution in [0.25, 0.3) is 0 Å². The minimum absolute atomic E-state index is 0.0270. The fraction of sp³-hybridized carbons (Fsp3) is 0.368. The summed E-state index contributed by atoms with van der Waals surface area (Å²) in [6, 6.07) is 14.5. The number of piperidine rings is 1. The van der Waals surface area contributed by atoms with E-state index in [1.54, 1.807) is 24.3 Å². The van der Waals surface area contributed by atoms with E-state index >= 15 is 0 Å². The number of nitrogens with one attached hydrogen (secondary N) is 1. The van der Waals surface area contributed by atoms with E-state index in [1.807, 2.05) is 24.3 Å². The summed E-state index contributed by atoms with van der Waals surface area (Å²) < 4.78 is 35.4. The van der Waals surface area contributed by atoms with Gasteiger partial charge in [-0.25, -0.2) is 13.1 Å². The molecular weight excluding hydrogens is 496 g/mol. The van der Waals surface area contributed by atoms with Crippen LogP contribution in [0.4, 0.5) is 0 Å². The topological polar surface area (TPSA) is 58.6 Å². The van der Waals surface area contributed by atoms with Crippen molar-refractivity contribution in [2.75, 3.05) is 26.2 Å². The zero-order chi connectivity index (χ0) is 19.3. The number of sulfonamides is 1. The Morgan fingerprint density at radius 3 is 2.41 bits per heavy atom. The van der Waals surface area contributed by atoms with Crippen molar-refractivity contribution in [3.63, 3.8) is 0 Å². The fourth-order valence-electron chi connectivity index (χ4n) is 3.03. The van der Waals surface area contributed by atoms with E-state index in [9.17, 15) is 8.42 Å². The quantitative estimate of drug-likeness (QED) is 0.602. The van der Waals surface area contributed by atoms with Gasteiger partial charge in [0.1, 0.15) is 12.4 Å². The lowest BCUT2D eigenvalue weighted by Crippen LogP contribution is -2.45. The molecule has 1 aliphatic rings. The average molecular weight is 518 g/mol. The van der Waals surface area contributed by atoms with Crippen LogP contribution in [-0.2, 0) is 10.0 Å². The molecule has 0 aliphatic carbocycles. The smallest absolute Gasteiger partial charge is 0.240 e. The van der Waals surface area contributed by atoms with Crippen LogP contribution in [0.1, 0.15) is 12.8 Å². The third kappa shape index (κ3) is 6.29. The number of rotatable bonds is 7. The van der Waals surface area contributed by atoms with Gasteiger partial charge in [0.2, 0.25) is 10.0 Å². The highest BCUT2D eigenvalue weighted by Crippen LogP contribution is 2.19. The Bertz CT molecular complexity index is 852. The average Bonchev–Trinajstić information content (AvgIpc) is 2.63. The lowest BCUT2D eigenvalue weighted by atomic mass is 10.1. The standard InChI is InChI=1S/C19H22Br2N2O3S/c20-15-4-6-19(7-5-15)27(24,25)22-17-8-10-23(11-9-17)12-13-26-18-3-1-2-16(21)14-18/h1-7,14,17,22H,8-13H2. The van der Waals surface area contributed by atoms with E-state index in [2.05, 4.69) is 41.5 Å². The largest absolute Gasteiger partial charge is 0.492 e. The molecular formula is C19H22Br2N2O3S. The Labute approximate surface area is 177 Å². The first-order valence-corrected chi connectivity index (χ1v) is 11.9. The van der Waals surface area contributed by atoms with Crippen LogP contribution in [0.5, 0.6) is 5.75 Å². The zero-order valence-corrected chi connectivity index (χ0v) is 18.8. The monoisotopic (exact) mass is 516 g/mol. The van der Waals surface area contributed by atoms with E-state index in [0.717, 1.165) is 47.2 Å². The van der Waals surface area contributed by atoms with Gasteiger partial charge < -0.3 is 4.74 Å². The van der Waals surface area contributed by atoms with Crippen LogP contribution in [-0.4, -0.2) is 45.6 Å². The van der Waals surface area contributed by atoms with Crippen molar-refractivity contribution < 1.29 is 13.2 Å². The Morgan fingerprint density at radius 2 is 1.74 bits per heavy atom. The summed E-state index contributed by atoms with van der Waals surface area (Å²) in [6.45, 7) is 3.16. The predicted molar refractivity (Wildman–Crippen MR) is 114 cm³/mol. The SMILES string of the molecule is O=S(=O)(NC1CCN(CCOc2cccc(Br)c2)CC1)c1ccc(Br)cc1. The first kappa shape index (κ1) is 20.8. The second-order valence-electron chi connectivity index (χ2n) is 6.50. The first-order chi connectivity index (χ1) is 12.9. The number of hydrogen-bond donors (Lipinski definition) is 1. The van der Waals surface area contributed by atoms with Crippen molar-refractivity contribution in [1.29, 1.82) is 0 Å². The molecule has 5 nitrogen and oxygen atoms in total. The minimum Gasteiger partial charge on any atom is -0.492 e. The Kier molecular flexibility index (Phi) is 7.33. The molecule has 1 fully saturated rings. The number of benzene rings is 2. The molecule has 27 heavy (non-hydrogen) atoms. The zero-order valence-electron chi connectivity index (χ0n) is 14.8. The summed E-state index contributed by atoms with van der Waals surface area (Å²) in [5.41, 5.74) is 0. The number of halogens is 2. The lowest BCUT2D eigenvalue weighted by Gasteiger charge is -2.32. The number of likely N-dealkylation sites (tertiary alicyclic amines) is 1. The molecule has 2 aromatic carbocycles. The Hall–Kier alpha value is -0.930. The van der Waals surface area contributed by atoms with Gasteiger partial charge in [-0.2, -0.15) is 0 Å². The molecule has 8 heteroatoms. The van der Waals surface area contributed by atoms with Gasteiger partial charge in [-0.15, -0.1) is 0 Å². The van der Waals surface area contributed by atoms with Crippen molar-refractivity contribution in [2.45, 2.75) is 23.8 Å². The van der Waals surface area contributed by atoms with Crippen LogP contribution in [0, 0.1) is 0 Å². The fourth-order valence-corrected chi connectivity index (χ4v) is 4.97. The molecule has 1 N–H and O–H groups in total. The highest BCUT2D eigenvalue weighted by molar-refractivity contribution is 9.10. The molecule has 0 radical (unpaired) electrons. The van der Waals surface area contributed by atoms with Gasteiger partial charge >= 0.3 is 0 Å². The van der Waals surface area contributed by atoms with Gasteiger partial charge in [0.25, 0.3) is 0 Å². The molecule has 0 aromatic heterocycles. The van der Waals surface area contributed by atoms with E-state index < -0.39 is 10.0 Å². The van der Waals surface area contributed by atoms with Crippen LogP contribution >= 0.6 is 31.9 Å². The third-order valence-corrected chi connectivity index (χ3v) is 7.06. The summed E-state index contributed by atoms with van der Waals surface area (Å²) in [7, 11) is -3.47. The first-order valence-electron chi connectivity index (χ1n) is 8.81. The van der Waals surface area contributed by atoms with Gasteiger partial charge in [0, 0.05) is 21.5 Å². The predicted octanol–water partition coefficient (Wildman–Crippen LogP) is 4.03. The van der Waals surface area contributed by atoms with Gasteiger partial charge in [-0.05, 0) is 68.4 Å². The maximum Gasteiger partial charge on any atom is 0.240 e. The maximum absolute atomic E-state index is 12.5. The van der Waals surface area contributed by atoms with Crippen molar-refractivity contribution in [3.8, 4) is 5.75 Å². The Balaban J connectivity index is 1.42. The molecule has 1 heterocycles. The van der Waals surface area contributed by atoms with E-state index in [-0.39, 0.29) is 6.04 Å². The molecule has 2 aromatic rings. The highest BCUT2D eigenvalue weighted by atomic mass is 79.9. The van der Waals surface area contributed by atoms with E-state index in [4.69, 9.17) is 4.74 Å². The summed E-state index contributed by atoms with van der Waals surface area (Å²) >= 11 is 6.76. The minimum atomic E-state index is -3.47. The third-order valence-electron chi connectivity index (χ3n) is 4.51. The summed E-state index contributed by atoms with van der Waals surface area (Å²) in [6.07, 6.45) is 1.60. The molecule has 1 saturated heterocycles. The molecule has 0 saturated carbocycles. The molecule has 0 amide bonds. The van der Waals surface area contributed by atoms with Crippen molar-refractivity contribution in [1.82, 2.24) is 9.62 Å². The Morgan fingerprint density at radius 1 is 1.04 bits per heavy atom. The normalized spacial score (nSPS) is 16.4. The number of nitrogens with zero attached hydrogens (tertiary/aromatic N) is 1. The summed E-state index contributed by atoms with van der Waals surface area (Å²) in [5.74, 6) is 0.849. The van der Waals surface area contributed by atoms with Crippen molar-refractivity contribution in [3.05, 3.63) is 57.5 Å². The summed E-state index contributed by atoms with van der Waals surface area (Å²) in [5, 5.41) is 0. The lowest BCUT2D eigenvalue weighted by molar-refractivity contribution is 0.170. The molecule has 1 aliphatic heterocycles. The number of hydrogen-bond acceptors (Lipinski definition) is 4. The molecule has 3 rings (SSSR count). The van der Waals surface area contributed by atoms with E-state index in [1.165, 1.54) is 0 Å². The van der Waals surface area contributed by atoms with Crippen molar-refractivity contribution in [2.24, 2.45) is 0 Å². The van der Waals surface area contributed by atoms with Crippen LogP contribution in [0.15, 0.2) is 62.4 Å². The van der Waals surface area contributed by atoms with Crippen LogP contribution in [0.2, 0.25) is 0 Å². The molecule has 0 unspecified atom stereocenters. The van der Waals surface area contributed by atoms with E-state index in [0.29, 0.717) is 11.5 Å². The highest BCUT2D eigenvalue weighted by Gasteiger charge is 2.24. The second-order valence-corrected chi connectivity index (χ2v) is 10.0. The van der Waals surface area contributed by atoms with Crippen LogP contribution < -0.4 is 9.46 Å². The van der Waals surface area contributed by atoms with Gasteiger partial charge in [0.05, 0.1) is 4.90 Å².